The summed E-state index contributed by atoms with van der Waals surface area (Å²) in [6.07, 6.45) is 3.45. The van der Waals surface area contributed by atoms with Crippen molar-refractivity contribution in [3.8, 4) is 0 Å². The van der Waals surface area contributed by atoms with Crippen LogP contribution in [0.25, 0.3) is 6.08 Å². The van der Waals surface area contributed by atoms with Crippen molar-refractivity contribution in [1.29, 1.82) is 0 Å². The molecule has 4 heteroatoms. The molecule has 0 saturated carbocycles. The number of aliphatic hydroxyl groups excluding tert-OH is 1. The molecule has 2 rings (SSSR count). The second-order valence-corrected chi connectivity index (χ2v) is 3.84. The molecule has 1 N–H and O–H groups in total. The summed E-state index contributed by atoms with van der Waals surface area (Å²) in [5.41, 5.74) is 2.47. The van der Waals surface area contributed by atoms with Gasteiger partial charge in [0.05, 0.1) is 6.10 Å². The molecule has 0 aliphatic carbocycles. The third-order valence-electron chi connectivity index (χ3n) is 2.46. The van der Waals surface area contributed by atoms with Gasteiger partial charge in [0, 0.05) is 6.42 Å². The second-order valence-electron chi connectivity index (χ2n) is 3.84. The fourth-order valence-corrected chi connectivity index (χ4v) is 1.49. The van der Waals surface area contributed by atoms with Gasteiger partial charge in [0.25, 0.3) is 0 Å². The van der Waals surface area contributed by atoms with Gasteiger partial charge in [-0.05, 0) is 12.5 Å². The summed E-state index contributed by atoms with van der Waals surface area (Å²) in [6.45, 7) is 1.81. The molecule has 1 aromatic heterocycles. The van der Waals surface area contributed by atoms with Gasteiger partial charge in [0.2, 0.25) is 0 Å². The molecule has 0 fully saturated rings. The zero-order chi connectivity index (χ0) is 12.1. The lowest BCUT2D eigenvalue weighted by Gasteiger charge is -2.02. The largest absolute Gasteiger partial charge is 0.389 e. The van der Waals surface area contributed by atoms with E-state index < -0.39 is 6.10 Å². The van der Waals surface area contributed by atoms with Gasteiger partial charge in [-0.15, -0.1) is 0 Å². The molecule has 0 amide bonds. The molecular formula is C13H14N2O2. The van der Waals surface area contributed by atoms with E-state index in [9.17, 15) is 5.11 Å². The number of aliphatic hydroxyl groups is 1. The molecule has 88 valence electrons. The van der Waals surface area contributed by atoms with E-state index in [2.05, 4.69) is 14.9 Å². The van der Waals surface area contributed by atoms with Gasteiger partial charge in [-0.25, -0.2) is 4.63 Å². The predicted octanol–water partition coefficient (Wildman–Crippen LogP) is 1.99. The maximum atomic E-state index is 9.81. The van der Waals surface area contributed by atoms with Crippen LogP contribution < -0.4 is 0 Å². The third kappa shape index (κ3) is 3.26. The van der Waals surface area contributed by atoms with Crippen molar-refractivity contribution < 1.29 is 9.74 Å². The van der Waals surface area contributed by atoms with Gasteiger partial charge in [-0.3, -0.25) is 0 Å². The van der Waals surface area contributed by atoms with Gasteiger partial charge < -0.3 is 5.11 Å². The Morgan fingerprint density at radius 1 is 1.29 bits per heavy atom. The van der Waals surface area contributed by atoms with E-state index in [0.717, 1.165) is 11.3 Å². The van der Waals surface area contributed by atoms with E-state index in [1.807, 2.05) is 36.4 Å². The minimum atomic E-state index is -0.583. The number of benzene rings is 1. The van der Waals surface area contributed by atoms with Crippen LogP contribution in [0.15, 0.2) is 41.0 Å². The maximum Gasteiger partial charge on any atom is 0.110 e. The first-order valence-electron chi connectivity index (χ1n) is 5.45. The highest BCUT2D eigenvalue weighted by molar-refractivity contribution is 5.49. The third-order valence-corrected chi connectivity index (χ3v) is 2.46. The molecule has 0 aliphatic heterocycles. The summed E-state index contributed by atoms with van der Waals surface area (Å²) in [6, 6.07) is 9.83. The van der Waals surface area contributed by atoms with Gasteiger partial charge >= 0.3 is 0 Å². The van der Waals surface area contributed by atoms with Crippen LogP contribution in [0.3, 0.4) is 0 Å². The van der Waals surface area contributed by atoms with E-state index in [4.69, 9.17) is 0 Å². The van der Waals surface area contributed by atoms with Crippen molar-refractivity contribution >= 4 is 6.08 Å². The van der Waals surface area contributed by atoms with Crippen molar-refractivity contribution in [1.82, 2.24) is 10.3 Å². The SMILES string of the molecule is Cc1nonc1CC(O)/C=C/c1ccccc1. The normalized spacial score (nSPS) is 13.1. The monoisotopic (exact) mass is 230 g/mol. The standard InChI is InChI=1S/C13H14N2O2/c1-10-13(15-17-14-10)9-12(16)8-7-11-5-3-2-4-6-11/h2-8,12,16H,9H2,1H3/b8-7+. The molecule has 0 saturated heterocycles. The summed E-state index contributed by atoms with van der Waals surface area (Å²) in [5.74, 6) is 0. The van der Waals surface area contributed by atoms with Gasteiger partial charge in [0.15, 0.2) is 0 Å². The highest BCUT2D eigenvalue weighted by atomic mass is 16.6. The highest BCUT2D eigenvalue weighted by Gasteiger charge is 2.09. The van der Waals surface area contributed by atoms with Crippen LogP contribution in [-0.2, 0) is 6.42 Å². The lowest BCUT2D eigenvalue weighted by Crippen LogP contribution is -2.07. The van der Waals surface area contributed by atoms with Crippen LogP contribution in [0, 0.1) is 6.92 Å². The van der Waals surface area contributed by atoms with E-state index >= 15 is 0 Å². The molecule has 1 heterocycles. The molecule has 0 bridgehead atoms. The van der Waals surface area contributed by atoms with Crippen LogP contribution in [0.2, 0.25) is 0 Å². The minimum Gasteiger partial charge on any atom is -0.389 e. The molecule has 1 atom stereocenters. The quantitative estimate of drug-likeness (QED) is 0.872. The summed E-state index contributed by atoms with van der Waals surface area (Å²) in [5, 5.41) is 17.2. The smallest absolute Gasteiger partial charge is 0.110 e. The Balaban J connectivity index is 1.96. The second kappa shape index (κ2) is 5.41. The van der Waals surface area contributed by atoms with Crippen LogP contribution in [0.1, 0.15) is 17.0 Å². The van der Waals surface area contributed by atoms with E-state index in [0.29, 0.717) is 12.1 Å². The Labute approximate surface area is 99.6 Å². The minimum absolute atomic E-state index is 0.415. The molecule has 1 unspecified atom stereocenters. The van der Waals surface area contributed by atoms with Crippen LogP contribution in [0.4, 0.5) is 0 Å². The van der Waals surface area contributed by atoms with Crippen molar-refractivity contribution in [2.45, 2.75) is 19.4 Å². The van der Waals surface area contributed by atoms with Crippen molar-refractivity contribution in [3.63, 3.8) is 0 Å². The van der Waals surface area contributed by atoms with E-state index in [1.165, 1.54) is 0 Å². The van der Waals surface area contributed by atoms with Crippen LogP contribution >= 0.6 is 0 Å². The molecule has 1 aromatic carbocycles. The Kier molecular flexibility index (Phi) is 3.67. The van der Waals surface area contributed by atoms with Crippen LogP contribution in [0.5, 0.6) is 0 Å². The number of hydrogen-bond acceptors (Lipinski definition) is 4. The number of rotatable bonds is 4. The molecule has 0 spiro atoms. The number of aromatic nitrogens is 2. The Hall–Kier alpha value is -1.94. The van der Waals surface area contributed by atoms with Crippen molar-refractivity contribution in [2.75, 3.05) is 0 Å². The van der Waals surface area contributed by atoms with Gasteiger partial charge in [-0.2, -0.15) is 0 Å². The van der Waals surface area contributed by atoms with E-state index in [-0.39, 0.29) is 0 Å². The van der Waals surface area contributed by atoms with Crippen LogP contribution in [-0.4, -0.2) is 21.5 Å². The Morgan fingerprint density at radius 2 is 2.06 bits per heavy atom. The van der Waals surface area contributed by atoms with Gasteiger partial charge in [0.1, 0.15) is 11.4 Å². The molecule has 4 nitrogen and oxygen atoms in total. The topological polar surface area (TPSA) is 59.2 Å². The number of aryl methyl sites for hydroxylation is 1. The molecule has 2 aromatic rings. The lowest BCUT2D eigenvalue weighted by atomic mass is 10.1. The Morgan fingerprint density at radius 3 is 2.71 bits per heavy atom. The predicted molar refractivity (Wildman–Crippen MR) is 64.2 cm³/mol. The summed E-state index contributed by atoms with van der Waals surface area (Å²) >= 11 is 0. The maximum absolute atomic E-state index is 9.81. The Bertz CT molecular complexity index is 491. The number of hydrogen-bond donors (Lipinski definition) is 1. The molecular weight excluding hydrogens is 216 g/mol. The highest BCUT2D eigenvalue weighted by Crippen LogP contribution is 2.07. The first-order chi connectivity index (χ1) is 8.25. The molecule has 0 aliphatic rings. The first kappa shape index (κ1) is 11.5. The zero-order valence-corrected chi connectivity index (χ0v) is 9.58. The molecule has 0 radical (unpaired) electrons. The summed E-state index contributed by atoms with van der Waals surface area (Å²) in [7, 11) is 0. The number of nitrogens with zero attached hydrogens (tertiary/aromatic N) is 2. The summed E-state index contributed by atoms with van der Waals surface area (Å²) in [4.78, 5) is 0. The molecule has 17 heavy (non-hydrogen) atoms. The average molecular weight is 230 g/mol. The zero-order valence-electron chi connectivity index (χ0n) is 9.58. The van der Waals surface area contributed by atoms with Gasteiger partial charge in [-0.1, -0.05) is 52.8 Å². The average Bonchev–Trinajstić information content (AvgIpc) is 2.74. The van der Waals surface area contributed by atoms with E-state index in [1.54, 1.807) is 13.0 Å². The first-order valence-corrected chi connectivity index (χ1v) is 5.45. The fraction of sp³-hybridized carbons (Fsp3) is 0.231. The van der Waals surface area contributed by atoms with Crippen molar-refractivity contribution in [3.05, 3.63) is 53.4 Å². The van der Waals surface area contributed by atoms with Crippen molar-refractivity contribution in [2.24, 2.45) is 0 Å². The fourth-order valence-electron chi connectivity index (χ4n) is 1.49. The lowest BCUT2D eigenvalue weighted by molar-refractivity contribution is 0.219. The summed E-state index contributed by atoms with van der Waals surface area (Å²) < 4.78 is 4.57.